The molecule has 1 aliphatic carbocycles. The summed E-state index contributed by atoms with van der Waals surface area (Å²) in [5.41, 5.74) is 6.68. The Hall–Kier alpha value is -0.350. The molecule has 1 saturated heterocycles. The quantitative estimate of drug-likeness (QED) is 0.485. The van der Waals surface area contributed by atoms with Crippen LogP contribution in [0.25, 0.3) is 0 Å². The van der Waals surface area contributed by atoms with Crippen molar-refractivity contribution in [2.45, 2.75) is 31.0 Å². The first-order valence-electron chi connectivity index (χ1n) is 6.51. The molecule has 1 aliphatic heterocycles. The average molecular weight is 301 g/mol. The van der Waals surface area contributed by atoms with Crippen LogP contribution >= 0.6 is 15.9 Å². The lowest BCUT2D eigenvalue weighted by Crippen LogP contribution is -2.37. The highest BCUT2D eigenvalue weighted by Gasteiger charge is 2.48. The molecule has 17 heavy (non-hydrogen) atoms. The van der Waals surface area contributed by atoms with Crippen LogP contribution in [-0.4, -0.2) is 35.8 Å². The Balaban J connectivity index is 1.99. The van der Waals surface area contributed by atoms with Crippen LogP contribution in [0, 0.1) is 11.8 Å². The highest BCUT2D eigenvalue weighted by atomic mass is 79.9. The fourth-order valence-electron chi connectivity index (χ4n) is 3.23. The van der Waals surface area contributed by atoms with Crippen molar-refractivity contribution in [3.8, 4) is 0 Å². The Kier molecular flexibility index (Phi) is 3.93. The van der Waals surface area contributed by atoms with Gasteiger partial charge in [0.05, 0.1) is 13.3 Å². The summed E-state index contributed by atoms with van der Waals surface area (Å²) in [5.74, 6) is 1.71. The average Bonchev–Trinajstić information content (AvgIpc) is 2.73. The lowest BCUT2D eigenvalue weighted by atomic mass is 10.0. The summed E-state index contributed by atoms with van der Waals surface area (Å²) in [7, 11) is 2.24. The predicted octanol–water partition coefficient (Wildman–Crippen LogP) is 2.47. The number of fused-ring (bicyclic) bond motifs is 1. The van der Waals surface area contributed by atoms with Crippen LogP contribution in [-0.2, 0) is 0 Å². The zero-order chi connectivity index (χ0) is 12.5. The minimum absolute atomic E-state index is 0.741. The van der Waals surface area contributed by atoms with Gasteiger partial charge in [-0.3, -0.25) is 0 Å². The Bertz CT molecular complexity index is 324. The van der Waals surface area contributed by atoms with E-state index in [1.807, 2.05) is 6.21 Å². The molecule has 3 nitrogen and oxygen atoms in total. The Morgan fingerprint density at radius 2 is 2.00 bits per heavy atom. The van der Waals surface area contributed by atoms with E-state index in [-0.39, 0.29) is 0 Å². The molecule has 0 radical (unpaired) electrons. The normalized spacial score (nSPS) is 42.3. The molecule has 0 bridgehead atoms. The lowest BCUT2D eigenvalue weighted by molar-refractivity contribution is -0.907. The molecule has 0 aromatic heterocycles. The summed E-state index contributed by atoms with van der Waals surface area (Å²) in [5, 5.41) is 4.75. The number of hydrogen-bond donors (Lipinski definition) is 1. The summed E-state index contributed by atoms with van der Waals surface area (Å²) >= 11 is 3.74. The zero-order valence-electron chi connectivity index (χ0n) is 10.8. The second-order valence-electron chi connectivity index (χ2n) is 5.63. The van der Waals surface area contributed by atoms with Crippen molar-refractivity contribution in [3.05, 3.63) is 11.8 Å². The monoisotopic (exact) mass is 300 g/mol. The van der Waals surface area contributed by atoms with E-state index in [0.29, 0.717) is 0 Å². The lowest BCUT2D eigenvalue weighted by Gasteiger charge is -2.23. The number of halogens is 1. The molecule has 0 aromatic rings. The van der Waals surface area contributed by atoms with Crippen molar-refractivity contribution >= 4 is 22.1 Å². The van der Waals surface area contributed by atoms with Gasteiger partial charge in [-0.1, -0.05) is 28.0 Å². The van der Waals surface area contributed by atoms with Crippen LogP contribution < -0.4 is 5.73 Å². The maximum atomic E-state index is 5.55. The van der Waals surface area contributed by atoms with Gasteiger partial charge in [0.25, 0.3) is 0 Å². The summed E-state index contributed by atoms with van der Waals surface area (Å²) in [6.07, 6.45) is 7.23. The smallest absolute Gasteiger partial charge is 0.106 e. The van der Waals surface area contributed by atoms with Gasteiger partial charge in [-0.2, -0.15) is 4.59 Å². The molecular formula is C13H23BrN3+. The molecule has 2 fully saturated rings. The Labute approximate surface area is 112 Å². The van der Waals surface area contributed by atoms with Crippen LogP contribution in [0.4, 0.5) is 0 Å². The molecule has 0 spiro atoms. The molecule has 1 heterocycles. The minimum atomic E-state index is 0.741. The molecule has 4 atom stereocenters. The van der Waals surface area contributed by atoms with Gasteiger partial charge in [0.2, 0.25) is 0 Å². The largest absolute Gasteiger partial charge is 0.404 e. The van der Waals surface area contributed by atoms with Gasteiger partial charge in [0.15, 0.2) is 0 Å². The second kappa shape index (κ2) is 5.11. The molecule has 4 heteroatoms. The maximum absolute atomic E-state index is 5.55. The van der Waals surface area contributed by atoms with E-state index in [4.69, 9.17) is 10.8 Å². The van der Waals surface area contributed by atoms with Gasteiger partial charge in [-0.05, 0) is 31.0 Å². The maximum Gasteiger partial charge on any atom is 0.106 e. The van der Waals surface area contributed by atoms with E-state index in [9.17, 15) is 0 Å². The third-order valence-electron chi connectivity index (χ3n) is 4.16. The van der Waals surface area contributed by atoms with Crippen LogP contribution in [0.1, 0.15) is 26.2 Å². The fourth-order valence-corrected chi connectivity index (χ4v) is 4.19. The number of nitrogens with two attached hydrogens (primary N) is 1. The highest BCUT2D eigenvalue weighted by molar-refractivity contribution is 9.09. The summed E-state index contributed by atoms with van der Waals surface area (Å²) in [6, 6.07) is 0. The van der Waals surface area contributed by atoms with Gasteiger partial charge >= 0.3 is 0 Å². The van der Waals surface area contributed by atoms with Crippen molar-refractivity contribution in [1.82, 2.24) is 0 Å². The van der Waals surface area contributed by atoms with Gasteiger partial charge in [0, 0.05) is 16.7 Å². The molecule has 1 saturated carbocycles. The van der Waals surface area contributed by atoms with Crippen molar-refractivity contribution < 1.29 is 4.59 Å². The first-order chi connectivity index (χ1) is 8.06. The standard InChI is InChI=1S/C13H23BrN3/c1-3-10(6-15)7-16-17(2)8-11-4-13(14)5-12(11)9-17/h6-7,11-13H,3-5,8-9,15H2,1-2H3/q+1/t11-,12+,13?,17?. The van der Waals surface area contributed by atoms with E-state index in [1.165, 1.54) is 25.9 Å². The van der Waals surface area contributed by atoms with Crippen LogP contribution in [0.5, 0.6) is 0 Å². The fraction of sp³-hybridized carbons (Fsp3) is 0.769. The molecule has 0 aromatic carbocycles. The molecule has 96 valence electrons. The van der Waals surface area contributed by atoms with Crippen molar-refractivity contribution in [2.75, 3.05) is 20.1 Å². The molecule has 2 N–H and O–H groups in total. The minimum Gasteiger partial charge on any atom is -0.404 e. The van der Waals surface area contributed by atoms with Crippen LogP contribution in [0.2, 0.25) is 0 Å². The third-order valence-corrected chi connectivity index (χ3v) is 4.91. The van der Waals surface area contributed by atoms with Gasteiger partial charge in [-0.15, -0.1) is 0 Å². The summed E-state index contributed by atoms with van der Waals surface area (Å²) in [4.78, 5) is 0.741. The van der Waals surface area contributed by atoms with E-state index in [0.717, 1.165) is 33.2 Å². The first kappa shape index (κ1) is 13.1. The third kappa shape index (κ3) is 2.91. The summed E-state index contributed by atoms with van der Waals surface area (Å²) in [6.45, 7) is 4.48. The molecule has 0 amide bonds. The van der Waals surface area contributed by atoms with Crippen LogP contribution in [0.15, 0.2) is 16.9 Å². The van der Waals surface area contributed by atoms with Crippen LogP contribution in [0.3, 0.4) is 0 Å². The zero-order valence-corrected chi connectivity index (χ0v) is 12.4. The molecule has 2 rings (SSSR count). The SMILES string of the molecule is CCC(C=N[N+]1(C)C[C@H]2CC(Br)C[C@H]2C1)=CN. The van der Waals surface area contributed by atoms with Gasteiger partial charge < -0.3 is 5.73 Å². The number of alkyl halides is 1. The second-order valence-corrected chi connectivity index (χ2v) is 6.93. The number of hydrogen-bond acceptors (Lipinski definition) is 2. The predicted molar refractivity (Wildman–Crippen MR) is 75.9 cm³/mol. The molecule has 2 unspecified atom stereocenters. The Morgan fingerprint density at radius 1 is 1.41 bits per heavy atom. The van der Waals surface area contributed by atoms with E-state index in [1.54, 1.807) is 6.20 Å². The first-order valence-corrected chi connectivity index (χ1v) is 7.43. The van der Waals surface area contributed by atoms with Gasteiger partial charge in [0.1, 0.15) is 13.1 Å². The number of likely N-dealkylation sites (tertiary alicyclic amines) is 1. The summed E-state index contributed by atoms with van der Waals surface area (Å²) < 4.78 is 0.840. The van der Waals surface area contributed by atoms with Crippen molar-refractivity contribution in [2.24, 2.45) is 22.7 Å². The van der Waals surface area contributed by atoms with E-state index >= 15 is 0 Å². The highest BCUT2D eigenvalue weighted by Crippen LogP contribution is 2.43. The number of nitrogens with zero attached hydrogens (tertiary/aromatic N) is 2. The van der Waals surface area contributed by atoms with Crippen molar-refractivity contribution in [1.29, 1.82) is 0 Å². The van der Waals surface area contributed by atoms with Crippen molar-refractivity contribution in [3.63, 3.8) is 0 Å². The Morgan fingerprint density at radius 3 is 2.47 bits per heavy atom. The molecule has 2 aliphatic rings. The number of quaternary nitrogens is 1. The topological polar surface area (TPSA) is 38.4 Å². The van der Waals surface area contributed by atoms with Gasteiger partial charge in [-0.25, -0.2) is 0 Å². The molecular weight excluding hydrogens is 278 g/mol. The number of rotatable bonds is 3. The van der Waals surface area contributed by atoms with E-state index in [2.05, 4.69) is 29.9 Å². The van der Waals surface area contributed by atoms with E-state index < -0.39 is 0 Å². The number of allylic oxidation sites excluding steroid dienone is 1.